The van der Waals surface area contributed by atoms with Gasteiger partial charge in [-0.05, 0) is 0 Å². The highest BCUT2D eigenvalue weighted by Gasteiger charge is 1.99. The second-order valence-corrected chi connectivity index (χ2v) is 0.794. The van der Waals surface area contributed by atoms with Crippen molar-refractivity contribution >= 4 is 6.03 Å². The van der Waals surface area contributed by atoms with Gasteiger partial charge in [0.25, 0.3) is 0 Å². The Hall–Kier alpha value is -0.810. The molecule has 0 aromatic heterocycles. The van der Waals surface area contributed by atoms with E-state index in [1.165, 1.54) is 0 Å². The van der Waals surface area contributed by atoms with Gasteiger partial charge >= 0.3 is 6.03 Å². The molecule has 0 rings (SSSR count). The first-order valence-electron chi connectivity index (χ1n) is 1.51. The van der Waals surface area contributed by atoms with E-state index in [-0.39, 0.29) is 5.23 Å². The van der Waals surface area contributed by atoms with Gasteiger partial charge in [-0.15, -0.1) is 0 Å². The number of carbonyl (C=O) groups excluding carboxylic acids is 1. The SMILES string of the molecule is CON(O)C(N)=O. The van der Waals surface area contributed by atoms with Crippen molar-refractivity contribution in [2.24, 2.45) is 5.73 Å². The van der Waals surface area contributed by atoms with Crippen LogP contribution >= 0.6 is 0 Å². The van der Waals surface area contributed by atoms with Gasteiger partial charge in [-0.1, -0.05) is 5.23 Å². The van der Waals surface area contributed by atoms with Gasteiger partial charge in [0, 0.05) is 0 Å². The topological polar surface area (TPSA) is 75.8 Å². The molecule has 0 heterocycles. The van der Waals surface area contributed by atoms with E-state index in [0.717, 1.165) is 7.11 Å². The van der Waals surface area contributed by atoms with Crippen LogP contribution in [-0.2, 0) is 4.84 Å². The van der Waals surface area contributed by atoms with Gasteiger partial charge in [0.2, 0.25) is 0 Å². The molecule has 0 aromatic carbocycles. The fraction of sp³-hybridized carbons (Fsp3) is 0.500. The Labute approximate surface area is 40.2 Å². The fourth-order valence-electron chi connectivity index (χ4n) is 0.0900. The Kier molecular flexibility index (Phi) is 2.10. The van der Waals surface area contributed by atoms with Crippen LogP contribution in [0.3, 0.4) is 0 Å². The quantitative estimate of drug-likeness (QED) is 0.343. The fourth-order valence-corrected chi connectivity index (χ4v) is 0.0900. The van der Waals surface area contributed by atoms with Crippen LogP contribution in [0.4, 0.5) is 4.79 Å². The van der Waals surface area contributed by atoms with Crippen LogP contribution in [0.5, 0.6) is 0 Å². The summed E-state index contributed by atoms with van der Waals surface area (Å²) < 4.78 is 0. The van der Waals surface area contributed by atoms with Crippen molar-refractivity contribution < 1.29 is 14.8 Å². The van der Waals surface area contributed by atoms with Gasteiger partial charge in [-0.25, -0.2) is 9.63 Å². The molecular weight excluding hydrogens is 100 g/mol. The van der Waals surface area contributed by atoms with E-state index in [9.17, 15) is 4.79 Å². The molecule has 5 nitrogen and oxygen atoms in total. The van der Waals surface area contributed by atoms with Crippen molar-refractivity contribution in [3.05, 3.63) is 0 Å². The number of nitrogens with two attached hydrogens (primary N) is 1. The molecule has 0 bridgehead atoms. The summed E-state index contributed by atoms with van der Waals surface area (Å²) >= 11 is 0. The van der Waals surface area contributed by atoms with Gasteiger partial charge in [0.1, 0.15) is 0 Å². The van der Waals surface area contributed by atoms with Crippen molar-refractivity contribution in [1.29, 1.82) is 0 Å². The first-order valence-corrected chi connectivity index (χ1v) is 1.51. The van der Waals surface area contributed by atoms with E-state index in [0.29, 0.717) is 0 Å². The number of hydroxylamine groups is 2. The number of primary amides is 1. The Morgan fingerprint density at radius 3 is 2.43 bits per heavy atom. The Morgan fingerprint density at radius 2 is 2.43 bits per heavy atom. The van der Waals surface area contributed by atoms with Crippen molar-refractivity contribution in [1.82, 2.24) is 5.23 Å². The van der Waals surface area contributed by atoms with Crippen LogP contribution in [0, 0.1) is 0 Å². The van der Waals surface area contributed by atoms with E-state index in [4.69, 9.17) is 5.21 Å². The third-order valence-electron chi connectivity index (χ3n) is 0.361. The molecule has 0 radical (unpaired) electrons. The summed E-state index contributed by atoms with van der Waals surface area (Å²) in [4.78, 5) is 13.6. The predicted molar refractivity (Wildman–Crippen MR) is 20.2 cm³/mol. The standard InChI is InChI=1S/C2H6N2O3/c1-7-4(6)2(3)5/h6H,1H3,(H2,3,5). The molecular formula is C2H6N2O3. The zero-order chi connectivity index (χ0) is 5.86. The molecule has 0 atom stereocenters. The van der Waals surface area contributed by atoms with Gasteiger partial charge in [-0.2, -0.15) is 0 Å². The maximum absolute atomic E-state index is 9.70. The number of hydrogen-bond acceptors (Lipinski definition) is 3. The summed E-state index contributed by atoms with van der Waals surface area (Å²) in [5.41, 5.74) is 4.46. The Bertz CT molecular complexity index is 73.3. The predicted octanol–water partition coefficient (Wildman–Crippen LogP) is -0.682. The largest absolute Gasteiger partial charge is 0.364 e. The van der Waals surface area contributed by atoms with E-state index >= 15 is 0 Å². The van der Waals surface area contributed by atoms with E-state index in [2.05, 4.69) is 10.6 Å². The summed E-state index contributed by atoms with van der Waals surface area (Å²) in [6, 6.07) is -1.04. The molecule has 0 saturated heterocycles. The minimum atomic E-state index is -1.04. The normalized spacial score (nSPS) is 8.29. The molecule has 0 unspecified atom stereocenters. The number of urea groups is 1. The third kappa shape index (κ3) is 1.96. The zero-order valence-electron chi connectivity index (χ0n) is 3.79. The number of carbonyl (C=O) groups is 1. The lowest BCUT2D eigenvalue weighted by Crippen LogP contribution is -2.31. The Morgan fingerprint density at radius 1 is 2.00 bits per heavy atom. The summed E-state index contributed by atoms with van der Waals surface area (Å²) in [6.07, 6.45) is 0. The van der Waals surface area contributed by atoms with Gasteiger partial charge in [0.15, 0.2) is 0 Å². The zero-order valence-corrected chi connectivity index (χ0v) is 3.79. The smallest absolute Gasteiger partial charge is 0.348 e. The minimum absolute atomic E-state index is 0.0694. The maximum atomic E-state index is 9.70. The average molecular weight is 106 g/mol. The number of rotatable bonds is 1. The number of amides is 2. The number of hydrogen-bond donors (Lipinski definition) is 2. The lowest BCUT2D eigenvalue weighted by atomic mass is 11.1. The maximum Gasteiger partial charge on any atom is 0.364 e. The second-order valence-electron chi connectivity index (χ2n) is 0.794. The molecule has 0 aliphatic rings. The van der Waals surface area contributed by atoms with Crippen LogP contribution in [0.1, 0.15) is 0 Å². The third-order valence-corrected chi connectivity index (χ3v) is 0.361. The van der Waals surface area contributed by atoms with Gasteiger partial charge < -0.3 is 5.73 Å². The van der Waals surface area contributed by atoms with E-state index < -0.39 is 6.03 Å². The molecule has 0 saturated carbocycles. The molecule has 0 aliphatic heterocycles. The first kappa shape index (κ1) is 6.19. The summed E-state index contributed by atoms with van der Waals surface area (Å²) in [6.45, 7) is 0. The molecule has 7 heavy (non-hydrogen) atoms. The average Bonchev–Trinajstić information content (AvgIpc) is 1.65. The summed E-state index contributed by atoms with van der Waals surface area (Å²) in [7, 11) is 1.12. The second kappa shape index (κ2) is 2.38. The molecule has 2 amide bonds. The van der Waals surface area contributed by atoms with Crippen molar-refractivity contribution in [3.63, 3.8) is 0 Å². The van der Waals surface area contributed by atoms with Gasteiger partial charge in [-0.3, -0.25) is 5.21 Å². The molecule has 5 heteroatoms. The van der Waals surface area contributed by atoms with Crippen LogP contribution in [0.25, 0.3) is 0 Å². The van der Waals surface area contributed by atoms with Crippen molar-refractivity contribution in [2.45, 2.75) is 0 Å². The van der Waals surface area contributed by atoms with E-state index in [1.807, 2.05) is 0 Å². The highest BCUT2D eigenvalue weighted by molar-refractivity contribution is 5.69. The highest BCUT2D eigenvalue weighted by atomic mass is 16.9. The van der Waals surface area contributed by atoms with Gasteiger partial charge in [0.05, 0.1) is 7.11 Å². The summed E-state index contributed by atoms with van der Waals surface area (Å²) in [5.74, 6) is 0. The monoisotopic (exact) mass is 106 g/mol. The minimum Gasteiger partial charge on any atom is -0.348 e. The van der Waals surface area contributed by atoms with Crippen LogP contribution in [-0.4, -0.2) is 23.6 Å². The molecule has 0 fully saturated rings. The molecule has 42 valence electrons. The van der Waals surface area contributed by atoms with Crippen molar-refractivity contribution in [2.75, 3.05) is 7.11 Å². The van der Waals surface area contributed by atoms with Crippen LogP contribution < -0.4 is 5.73 Å². The highest BCUT2D eigenvalue weighted by Crippen LogP contribution is 1.74. The van der Waals surface area contributed by atoms with Crippen LogP contribution in [0.2, 0.25) is 0 Å². The molecule has 3 N–H and O–H groups in total. The molecule has 0 aliphatic carbocycles. The lowest BCUT2D eigenvalue weighted by Gasteiger charge is -2.04. The van der Waals surface area contributed by atoms with E-state index in [1.54, 1.807) is 0 Å². The lowest BCUT2D eigenvalue weighted by molar-refractivity contribution is -0.277. The number of nitrogens with zero attached hydrogens (tertiary/aromatic N) is 1. The first-order chi connectivity index (χ1) is 3.18. The van der Waals surface area contributed by atoms with Crippen molar-refractivity contribution in [3.8, 4) is 0 Å². The molecule has 0 spiro atoms. The molecule has 0 aromatic rings. The van der Waals surface area contributed by atoms with Crippen LogP contribution in [0.15, 0.2) is 0 Å². The summed E-state index contributed by atoms with van der Waals surface area (Å²) in [5, 5.41) is 8.00. The Balaban J connectivity index is 3.34.